The van der Waals surface area contributed by atoms with Crippen LogP contribution >= 0.6 is 0 Å². The summed E-state index contributed by atoms with van der Waals surface area (Å²) in [5.41, 5.74) is -2.05. The van der Waals surface area contributed by atoms with Gasteiger partial charge in [-0.2, -0.15) is 0 Å². The first-order valence-corrected chi connectivity index (χ1v) is 8.14. The number of fused-ring (bicyclic) bond motifs is 1. The van der Waals surface area contributed by atoms with Gasteiger partial charge in [0.1, 0.15) is 48.3 Å². The maximum Gasteiger partial charge on any atom is 0.285 e. The van der Waals surface area contributed by atoms with E-state index in [4.69, 9.17) is 14.2 Å². The fourth-order valence-electron chi connectivity index (χ4n) is 3.47. The van der Waals surface area contributed by atoms with Gasteiger partial charge in [-0.05, 0) is 0 Å². The van der Waals surface area contributed by atoms with Crippen molar-refractivity contribution in [2.75, 3.05) is 20.3 Å². The summed E-state index contributed by atoms with van der Waals surface area (Å²) in [5.74, 6) is 0. The quantitative estimate of drug-likeness (QED) is 0.232. The third kappa shape index (κ3) is 2.96. The van der Waals surface area contributed by atoms with E-state index in [2.05, 4.69) is 10.3 Å². The fraction of sp³-hybridized carbons (Fsp3) is 0.929. The number of amidine groups is 1. The van der Waals surface area contributed by atoms with Crippen molar-refractivity contribution in [3.63, 3.8) is 0 Å². The van der Waals surface area contributed by atoms with Crippen molar-refractivity contribution in [2.45, 2.75) is 60.7 Å². The van der Waals surface area contributed by atoms with Crippen molar-refractivity contribution in [1.82, 2.24) is 5.32 Å². The summed E-state index contributed by atoms with van der Waals surface area (Å²) in [7, 11) is 1.27. The Bertz CT molecular complexity index is 548. The lowest BCUT2D eigenvalue weighted by Crippen LogP contribution is -2.60. The third-order valence-corrected chi connectivity index (χ3v) is 5.11. The summed E-state index contributed by atoms with van der Waals surface area (Å²) in [6.45, 7) is -0.921. The van der Waals surface area contributed by atoms with Crippen LogP contribution < -0.4 is 5.32 Å². The molecule has 12 nitrogen and oxygen atoms in total. The first-order chi connectivity index (χ1) is 12.2. The Balaban J connectivity index is 1.64. The Morgan fingerprint density at radius 3 is 2.42 bits per heavy atom. The number of aliphatic hydroxyl groups excluding tert-OH is 6. The zero-order valence-electron chi connectivity index (χ0n) is 13.9. The molecular formula is C14H24N2O10. The topological polar surface area (TPSA) is 194 Å². The zero-order chi connectivity index (χ0) is 19.2. The summed E-state index contributed by atoms with van der Waals surface area (Å²) < 4.78 is 15.6. The highest BCUT2D eigenvalue weighted by Crippen LogP contribution is 2.38. The van der Waals surface area contributed by atoms with Crippen LogP contribution in [-0.2, 0) is 14.2 Å². The van der Waals surface area contributed by atoms with Crippen LogP contribution in [0.4, 0.5) is 0 Å². The number of nitrogens with zero attached hydrogens (tertiary/aromatic N) is 1. The summed E-state index contributed by atoms with van der Waals surface area (Å²) >= 11 is 0. The van der Waals surface area contributed by atoms with E-state index in [-0.39, 0.29) is 12.6 Å². The van der Waals surface area contributed by atoms with Gasteiger partial charge in [0.05, 0.1) is 6.61 Å². The highest BCUT2D eigenvalue weighted by Gasteiger charge is 2.63. The van der Waals surface area contributed by atoms with Crippen LogP contribution in [-0.4, -0.2) is 123 Å². The first kappa shape index (κ1) is 19.7. The number of methoxy groups -OCH3 is 1. The second-order valence-electron chi connectivity index (χ2n) is 6.68. The minimum absolute atomic E-state index is 0.0943. The molecule has 0 amide bonds. The van der Waals surface area contributed by atoms with Crippen LogP contribution in [0.3, 0.4) is 0 Å². The second kappa shape index (κ2) is 7.14. The third-order valence-electron chi connectivity index (χ3n) is 5.11. The molecule has 8 N–H and O–H groups in total. The van der Waals surface area contributed by atoms with Crippen LogP contribution in [0.2, 0.25) is 0 Å². The van der Waals surface area contributed by atoms with Gasteiger partial charge in [0.15, 0.2) is 12.4 Å². The predicted molar refractivity (Wildman–Crippen MR) is 81.8 cm³/mol. The van der Waals surface area contributed by atoms with Gasteiger partial charge in [0.25, 0.3) is 6.02 Å². The number of aliphatic hydroxyl groups is 7. The van der Waals surface area contributed by atoms with E-state index >= 15 is 0 Å². The maximum atomic E-state index is 10.3. The van der Waals surface area contributed by atoms with Gasteiger partial charge in [-0.25, -0.2) is 4.99 Å². The van der Waals surface area contributed by atoms with Gasteiger partial charge in [-0.15, -0.1) is 0 Å². The monoisotopic (exact) mass is 380 g/mol. The molecule has 0 aromatic heterocycles. The van der Waals surface area contributed by atoms with Crippen molar-refractivity contribution in [1.29, 1.82) is 0 Å². The van der Waals surface area contributed by atoms with Crippen molar-refractivity contribution < 1.29 is 50.0 Å². The van der Waals surface area contributed by atoms with E-state index in [0.29, 0.717) is 0 Å². The molecule has 3 aliphatic rings. The fourth-order valence-corrected chi connectivity index (χ4v) is 3.47. The molecule has 2 fully saturated rings. The van der Waals surface area contributed by atoms with Crippen molar-refractivity contribution in [2.24, 2.45) is 4.99 Å². The minimum Gasteiger partial charge on any atom is -0.457 e. The number of ether oxygens (including phenoxy) is 3. The van der Waals surface area contributed by atoms with Crippen molar-refractivity contribution in [3.05, 3.63) is 0 Å². The van der Waals surface area contributed by atoms with Crippen molar-refractivity contribution >= 4 is 6.02 Å². The zero-order valence-corrected chi connectivity index (χ0v) is 13.9. The number of aliphatic imine (C=N–C) groups is 1. The van der Waals surface area contributed by atoms with E-state index in [1.54, 1.807) is 0 Å². The molecule has 0 radical (unpaired) electrons. The Morgan fingerprint density at radius 1 is 1.12 bits per heavy atom. The van der Waals surface area contributed by atoms with Gasteiger partial charge < -0.3 is 55.3 Å². The van der Waals surface area contributed by atoms with Crippen LogP contribution in [0.15, 0.2) is 4.99 Å². The molecule has 1 aliphatic carbocycles. The van der Waals surface area contributed by atoms with E-state index in [9.17, 15) is 35.7 Å². The standard InChI is InChI=1S/C14H24N2O10/c1-24-12-7(20)6(19)5(18)4(25-12)2-15-13-16-10-9(26-13)8(21)11(22)14(10,23)3-17/h4-12,17-23H,2-3H2,1H3,(H,15,16)/t4-,5-,6+,7-,8-,9-,10-,11+,12-,14+/m1/s1. The molecule has 2 aliphatic heterocycles. The van der Waals surface area contributed by atoms with Crippen molar-refractivity contribution in [3.8, 4) is 0 Å². The molecule has 0 bridgehead atoms. The second-order valence-corrected chi connectivity index (χ2v) is 6.68. The Morgan fingerprint density at radius 2 is 1.81 bits per heavy atom. The lowest BCUT2D eigenvalue weighted by atomic mass is 9.97. The molecule has 0 spiro atoms. The van der Waals surface area contributed by atoms with Gasteiger partial charge in [0, 0.05) is 13.7 Å². The molecule has 3 rings (SSSR count). The summed E-state index contributed by atoms with van der Waals surface area (Å²) in [6.07, 6.45) is -10.5. The number of rotatable bonds is 4. The summed E-state index contributed by atoms with van der Waals surface area (Å²) in [5, 5.41) is 71.7. The lowest BCUT2D eigenvalue weighted by molar-refractivity contribution is -0.288. The van der Waals surface area contributed by atoms with Crippen LogP contribution in [0.1, 0.15) is 0 Å². The lowest BCUT2D eigenvalue weighted by Gasteiger charge is -2.39. The van der Waals surface area contributed by atoms with E-state index < -0.39 is 67.3 Å². The molecule has 2 heterocycles. The van der Waals surface area contributed by atoms with E-state index in [1.165, 1.54) is 7.11 Å². The van der Waals surface area contributed by atoms with Gasteiger partial charge in [-0.3, -0.25) is 0 Å². The van der Waals surface area contributed by atoms with Crippen LogP contribution in [0.5, 0.6) is 0 Å². The molecule has 1 saturated heterocycles. The van der Waals surface area contributed by atoms with E-state index in [0.717, 1.165) is 0 Å². The van der Waals surface area contributed by atoms with Crippen LogP contribution in [0.25, 0.3) is 0 Å². The molecule has 12 heteroatoms. The Hall–Kier alpha value is -1.09. The molecule has 1 saturated carbocycles. The average molecular weight is 380 g/mol. The molecule has 0 aromatic rings. The SMILES string of the molecule is CO[C@@H]1O[C@H](CNC2=N[C@@H]3[C@H](O2)[C@@H](O)[C@H](O)[C@]3(O)CO)[C@@H](O)[C@H](O)[C@H]1O. The number of hydrogen-bond donors (Lipinski definition) is 8. The van der Waals surface area contributed by atoms with Crippen LogP contribution in [0, 0.1) is 0 Å². The smallest absolute Gasteiger partial charge is 0.285 e. The van der Waals surface area contributed by atoms with Gasteiger partial charge in [-0.1, -0.05) is 0 Å². The maximum absolute atomic E-state index is 10.3. The number of nitrogens with one attached hydrogen (secondary N) is 1. The molecular weight excluding hydrogens is 356 g/mol. The molecule has 26 heavy (non-hydrogen) atoms. The van der Waals surface area contributed by atoms with Gasteiger partial charge in [0.2, 0.25) is 0 Å². The van der Waals surface area contributed by atoms with E-state index in [1.807, 2.05) is 0 Å². The Labute approximate surface area is 148 Å². The largest absolute Gasteiger partial charge is 0.457 e. The normalized spacial score (nSPS) is 50.9. The summed E-state index contributed by atoms with van der Waals surface area (Å²) in [6, 6.07) is -1.18. The molecule has 150 valence electrons. The highest BCUT2D eigenvalue weighted by atomic mass is 16.7. The molecule has 0 unspecified atom stereocenters. The van der Waals surface area contributed by atoms with Gasteiger partial charge >= 0.3 is 0 Å². The minimum atomic E-state index is -2.05. The average Bonchev–Trinajstić information content (AvgIpc) is 3.14. The predicted octanol–water partition coefficient (Wildman–Crippen LogP) is -5.39. The molecule has 10 atom stereocenters. The summed E-state index contributed by atoms with van der Waals surface area (Å²) in [4.78, 5) is 4.03. The number of hydrogen-bond acceptors (Lipinski definition) is 12. The first-order valence-electron chi connectivity index (χ1n) is 8.14. The molecule has 0 aromatic carbocycles. The highest BCUT2D eigenvalue weighted by molar-refractivity contribution is 5.76. The Kier molecular flexibility index (Phi) is 5.40.